The molecule has 4 heteroatoms. The highest BCUT2D eigenvalue weighted by Gasteiger charge is 2.38. The second-order valence-electron chi connectivity index (χ2n) is 4.96. The minimum Gasteiger partial charge on any atom is -0.342 e. The highest BCUT2D eigenvalue weighted by Crippen LogP contribution is 2.20. The van der Waals surface area contributed by atoms with E-state index in [0.717, 1.165) is 19.5 Å². The summed E-state index contributed by atoms with van der Waals surface area (Å²) in [5.74, 6) is 0.183. The van der Waals surface area contributed by atoms with Crippen molar-refractivity contribution >= 4 is 5.91 Å². The van der Waals surface area contributed by atoms with Crippen molar-refractivity contribution in [2.45, 2.75) is 38.8 Å². The summed E-state index contributed by atoms with van der Waals surface area (Å²) in [5.41, 5.74) is 5.99. The third-order valence-corrected chi connectivity index (χ3v) is 3.31. The van der Waals surface area contributed by atoms with E-state index < -0.39 is 0 Å². The SMILES string of the molecule is CCC1(N)CN(CC(=O)N(C)C(C)C)C1. The minimum absolute atomic E-state index is 0.0450. The number of rotatable bonds is 4. The van der Waals surface area contributed by atoms with Gasteiger partial charge in [-0.1, -0.05) is 6.92 Å². The molecule has 1 heterocycles. The Bertz CT molecular complexity index is 234. The minimum atomic E-state index is -0.0450. The molecule has 88 valence electrons. The number of likely N-dealkylation sites (tertiary alicyclic amines) is 1. The Morgan fingerprint density at radius 1 is 1.53 bits per heavy atom. The van der Waals surface area contributed by atoms with Crippen LogP contribution in [0.25, 0.3) is 0 Å². The van der Waals surface area contributed by atoms with Gasteiger partial charge in [0.15, 0.2) is 0 Å². The average Bonchev–Trinajstić information content (AvgIpc) is 2.13. The van der Waals surface area contributed by atoms with Crippen LogP contribution in [-0.4, -0.2) is 54.0 Å². The third kappa shape index (κ3) is 2.92. The molecule has 2 N–H and O–H groups in total. The molecule has 1 fully saturated rings. The van der Waals surface area contributed by atoms with Gasteiger partial charge in [-0.3, -0.25) is 9.69 Å². The van der Waals surface area contributed by atoms with Crippen molar-refractivity contribution in [1.82, 2.24) is 9.80 Å². The zero-order valence-electron chi connectivity index (χ0n) is 10.3. The van der Waals surface area contributed by atoms with Gasteiger partial charge in [0.05, 0.1) is 6.54 Å². The molecule has 0 aromatic heterocycles. The normalized spacial score (nSPS) is 20.1. The van der Waals surface area contributed by atoms with Crippen molar-refractivity contribution in [2.75, 3.05) is 26.7 Å². The van der Waals surface area contributed by atoms with Crippen LogP contribution in [-0.2, 0) is 4.79 Å². The molecule has 0 bridgehead atoms. The molecule has 1 rings (SSSR count). The summed E-state index contributed by atoms with van der Waals surface area (Å²) < 4.78 is 0. The lowest BCUT2D eigenvalue weighted by molar-refractivity contribution is -0.134. The summed E-state index contributed by atoms with van der Waals surface area (Å²) >= 11 is 0. The van der Waals surface area contributed by atoms with Gasteiger partial charge in [0.1, 0.15) is 0 Å². The molecule has 0 aliphatic carbocycles. The van der Waals surface area contributed by atoms with Gasteiger partial charge in [-0.05, 0) is 20.3 Å². The van der Waals surface area contributed by atoms with Crippen LogP contribution >= 0.6 is 0 Å². The molecule has 1 aliphatic heterocycles. The van der Waals surface area contributed by atoms with Gasteiger partial charge in [0.25, 0.3) is 0 Å². The summed E-state index contributed by atoms with van der Waals surface area (Å²) in [6.07, 6.45) is 0.984. The first-order valence-electron chi connectivity index (χ1n) is 5.65. The first-order valence-corrected chi connectivity index (χ1v) is 5.65. The second-order valence-corrected chi connectivity index (χ2v) is 4.96. The average molecular weight is 213 g/mol. The lowest BCUT2D eigenvalue weighted by Crippen LogP contribution is -2.68. The Labute approximate surface area is 92.4 Å². The maximum atomic E-state index is 11.7. The van der Waals surface area contributed by atoms with Crippen LogP contribution in [0.2, 0.25) is 0 Å². The second kappa shape index (κ2) is 4.49. The zero-order chi connectivity index (χ0) is 11.6. The van der Waals surface area contributed by atoms with Crippen molar-refractivity contribution in [1.29, 1.82) is 0 Å². The van der Waals surface area contributed by atoms with Crippen molar-refractivity contribution in [3.05, 3.63) is 0 Å². The molecular formula is C11H23N3O. The Hall–Kier alpha value is -0.610. The molecule has 0 aromatic rings. The van der Waals surface area contributed by atoms with Crippen LogP contribution in [0.1, 0.15) is 27.2 Å². The number of hydrogen-bond acceptors (Lipinski definition) is 3. The Kier molecular flexibility index (Phi) is 3.73. The Morgan fingerprint density at radius 3 is 2.47 bits per heavy atom. The highest BCUT2D eigenvalue weighted by molar-refractivity contribution is 5.78. The summed E-state index contributed by atoms with van der Waals surface area (Å²) in [6, 6.07) is 0.271. The molecule has 1 saturated heterocycles. The fourth-order valence-electron chi connectivity index (χ4n) is 1.77. The summed E-state index contributed by atoms with van der Waals surface area (Å²) in [4.78, 5) is 15.6. The highest BCUT2D eigenvalue weighted by atomic mass is 16.2. The van der Waals surface area contributed by atoms with E-state index in [4.69, 9.17) is 5.73 Å². The smallest absolute Gasteiger partial charge is 0.236 e. The fraction of sp³-hybridized carbons (Fsp3) is 0.909. The monoisotopic (exact) mass is 213 g/mol. The van der Waals surface area contributed by atoms with Crippen LogP contribution in [0.3, 0.4) is 0 Å². The van der Waals surface area contributed by atoms with Gasteiger partial charge in [-0.15, -0.1) is 0 Å². The molecule has 0 saturated carbocycles. The van der Waals surface area contributed by atoms with Crippen LogP contribution in [0.15, 0.2) is 0 Å². The number of carbonyl (C=O) groups is 1. The van der Waals surface area contributed by atoms with Gasteiger partial charge < -0.3 is 10.6 Å². The summed E-state index contributed by atoms with van der Waals surface area (Å²) in [7, 11) is 1.85. The van der Waals surface area contributed by atoms with E-state index in [1.54, 1.807) is 4.90 Å². The number of nitrogens with zero attached hydrogens (tertiary/aromatic N) is 2. The number of carbonyl (C=O) groups excluding carboxylic acids is 1. The quantitative estimate of drug-likeness (QED) is 0.729. The van der Waals surface area contributed by atoms with Crippen LogP contribution in [0.5, 0.6) is 0 Å². The molecule has 1 aliphatic rings. The van der Waals surface area contributed by atoms with Gasteiger partial charge >= 0.3 is 0 Å². The van der Waals surface area contributed by atoms with E-state index >= 15 is 0 Å². The van der Waals surface area contributed by atoms with Crippen molar-refractivity contribution in [3.8, 4) is 0 Å². The summed E-state index contributed by atoms with van der Waals surface area (Å²) in [5, 5.41) is 0. The van der Waals surface area contributed by atoms with Crippen LogP contribution in [0, 0.1) is 0 Å². The molecule has 4 nitrogen and oxygen atoms in total. The molecule has 0 unspecified atom stereocenters. The zero-order valence-corrected chi connectivity index (χ0v) is 10.3. The van der Waals surface area contributed by atoms with Crippen molar-refractivity contribution in [3.63, 3.8) is 0 Å². The standard InChI is InChI=1S/C11H23N3O/c1-5-11(12)7-14(8-11)6-10(15)13(4)9(2)3/h9H,5-8,12H2,1-4H3. The first-order chi connectivity index (χ1) is 6.88. The van der Waals surface area contributed by atoms with E-state index in [1.165, 1.54) is 0 Å². The lowest BCUT2D eigenvalue weighted by atomic mass is 9.88. The van der Waals surface area contributed by atoms with E-state index in [9.17, 15) is 4.79 Å². The first kappa shape index (κ1) is 12.5. The number of likely N-dealkylation sites (N-methyl/N-ethyl adjacent to an activating group) is 1. The Balaban J connectivity index is 2.31. The molecule has 0 aromatic carbocycles. The van der Waals surface area contributed by atoms with E-state index in [2.05, 4.69) is 11.8 Å². The van der Waals surface area contributed by atoms with Crippen LogP contribution in [0.4, 0.5) is 0 Å². The fourth-order valence-corrected chi connectivity index (χ4v) is 1.77. The topological polar surface area (TPSA) is 49.6 Å². The van der Waals surface area contributed by atoms with Crippen molar-refractivity contribution in [2.24, 2.45) is 5.73 Å². The Morgan fingerprint density at radius 2 is 2.07 bits per heavy atom. The predicted octanol–water partition coefficient (Wildman–Crippen LogP) is 0.276. The molecule has 15 heavy (non-hydrogen) atoms. The summed E-state index contributed by atoms with van der Waals surface area (Å²) in [6.45, 7) is 8.34. The maximum Gasteiger partial charge on any atom is 0.236 e. The molecule has 0 atom stereocenters. The van der Waals surface area contributed by atoms with Gasteiger partial charge in [-0.25, -0.2) is 0 Å². The maximum absolute atomic E-state index is 11.7. The number of amides is 1. The molecular weight excluding hydrogens is 190 g/mol. The molecule has 0 spiro atoms. The van der Waals surface area contributed by atoms with E-state index in [1.807, 2.05) is 20.9 Å². The van der Waals surface area contributed by atoms with Gasteiger partial charge in [0, 0.05) is 31.7 Å². The van der Waals surface area contributed by atoms with Gasteiger partial charge in [-0.2, -0.15) is 0 Å². The predicted molar refractivity (Wildman–Crippen MR) is 61.6 cm³/mol. The van der Waals surface area contributed by atoms with Crippen LogP contribution < -0.4 is 5.73 Å². The third-order valence-electron chi connectivity index (χ3n) is 3.31. The van der Waals surface area contributed by atoms with Gasteiger partial charge in [0.2, 0.25) is 5.91 Å². The largest absolute Gasteiger partial charge is 0.342 e. The number of hydrogen-bond donors (Lipinski definition) is 1. The van der Waals surface area contributed by atoms with Crippen molar-refractivity contribution < 1.29 is 4.79 Å². The number of nitrogens with two attached hydrogens (primary N) is 1. The lowest BCUT2D eigenvalue weighted by Gasteiger charge is -2.47. The molecule has 1 amide bonds. The van der Waals surface area contributed by atoms with E-state index in [0.29, 0.717) is 6.54 Å². The van der Waals surface area contributed by atoms with E-state index in [-0.39, 0.29) is 17.5 Å². The molecule has 0 radical (unpaired) electrons.